The van der Waals surface area contributed by atoms with Gasteiger partial charge in [0, 0.05) is 25.0 Å². The van der Waals surface area contributed by atoms with E-state index in [9.17, 15) is 14.4 Å². The third kappa shape index (κ3) is 5.22. The van der Waals surface area contributed by atoms with Crippen molar-refractivity contribution in [3.8, 4) is 0 Å². The topological polar surface area (TPSA) is 95.2 Å². The van der Waals surface area contributed by atoms with Crippen LogP contribution in [0.25, 0.3) is 10.9 Å². The number of carbonyl (C=O) groups is 2. The number of H-pyrrole nitrogens is 1. The average Bonchev–Trinajstić information content (AvgIpc) is 2.73. The molecule has 29 heavy (non-hydrogen) atoms. The van der Waals surface area contributed by atoms with E-state index in [0.29, 0.717) is 36.5 Å². The zero-order valence-corrected chi connectivity index (χ0v) is 17.2. The van der Waals surface area contributed by atoms with Crippen LogP contribution in [0.2, 0.25) is 0 Å². The molecule has 0 aliphatic heterocycles. The number of amides is 2. The van der Waals surface area contributed by atoms with Gasteiger partial charge in [-0.05, 0) is 31.4 Å². The maximum absolute atomic E-state index is 12.6. The van der Waals surface area contributed by atoms with Crippen molar-refractivity contribution in [2.45, 2.75) is 58.4 Å². The summed E-state index contributed by atoms with van der Waals surface area (Å²) in [5.74, 6) is -0.245. The van der Waals surface area contributed by atoms with E-state index >= 15 is 0 Å². The zero-order chi connectivity index (χ0) is 20.8. The molecule has 0 bridgehead atoms. The number of rotatable bonds is 7. The highest BCUT2D eigenvalue weighted by Gasteiger charge is 2.26. The third-order valence-corrected chi connectivity index (χ3v) is 5.48. The predicted molar refractivity (Wildman–Crippen MR) is 113 cm³/mol. The van der Waals surface area contributed by atoms with E-state index in [1.807, 2.05) is 18.7 Å². The molecule has 1 aliphatic carbocycles. The number of nitrogens with zero attached hydrogens (tertiary/aromatic N) is 2. The van der Waals surface area contributed by atoms with Crippen LogP contribution in [0.3, 0.4) is 0 Å². The summed E-state index contributed by atoms with van der Waals surface area (Å²) in [7, 11) is 0. The fraction of sp³-hybridized carbons (Fsp3) is 0.545. The fourth-order valence-corrected chi connectivity index (χ4v) is 3.93. The second-order valence-corrected chi connectivity index (χ2v) is 8.02. The lowest BCUT2D eigenvalue weighted by atomic mass is 9.93. The molecule has 156 valence electrons. The van der Waals surface area contributed by atoms with Crippen LogP contribution >= 0.6 is 0 Å². The van der Waals surface area contributed by atoms with E-state index in [0.717, 1.165) is 12.8 Å². The van der Waals surface area contributed by atoms with Crippen molar-refractivity contribution in [1.82, 2.24) is 20.2 Å². The number of hydrogen-bond donors (Lipinski definition) is 2. The lowest BCUT2D eigenvalue weighted by molar-refractivity contribution is -0.137. The van der Waals surface area contributed by atoms with Crippen molar-refractivity contribution in [2.24, 2.45) is 5.92 Å². The lowest BCUT2D eigenvalue weighted by Crippen LogP contribution is -2.44. The summed E-state index contributed by atoms with van der Waals surface area (Å²) < 4.78 is 0. The minimum atomic E-state index is -0.410. The molecule has 0 saturated heterocycles. The normalized spacial score (nSPS) is 14.9. The molecule has 2 aromatic rings. The van der Waals surface area contributed by atoms with Gasteiger partial charge in [-0.25, -0.2) is 4.98 Å². The first-order valence-corrected chi connectivity index (χ1v) is 10.5. The van der Waals surface area contributed by atoms with Crippen LogP contribution in [-0.4, -0.2) is 45.8 Å². The molecule has 0 radical (unpaired) electrons. The molecule has 1 aromatic carbocycles. The molecule has 1 heterocycles. The van der Waals surface area contributed by atoms with Crippen molar-refractivity contribution in [3.63, 3.8) is 0 Å². The van der Waals surface area contributed by atoms with Crippen LogP contribution in [0.5, 0.6) is 0 Å². The van der Waals surface area contributed by atoms with Gasteiger partial charge in [0.2, 0.25) is 5.91 Å². The van der Waals surface area contributed by atoms with Gasteiger partial charge >= 0.3 is 0 Å². The van der Waals surface area contributed by atoms with Crippen LogP contribution in [0.1, 0.15) is 63.0 Å². The van der Waals surface area contributed by atoms with E-state index in [1.54, 1.807) is 24.3 Å². The van der Waals surface area contributed by atoms with Crippen LogP contribution in [-0.2, 0) is 4.79 Å². The number of aromatic amines is 1. The Morgan fingerprint density at radius 3 is 2.66 bits per heavy atom. The predicted octanol–water partition coefficient (Wildman–Crippen LogP) is 2.86. The largest absolute Gasteiger partial charge is 0.349 e. The molecule has 1 aliphatic rings. The maximum atomic E-state index is 12.6. The van der Waals surface area contributed by atoms with Gasteiger partial charge in [-0.15, -0.1) is 0 Å². The Bertz CT molecular complexity index is 916. The Balaban J connectivity index is 1.57. The first-order chi connectivity index (χ1) is 14.0. The SMILES string of the molecule is CC(C)C(=O)N(CCCNC(=O)c1nc2ccccc2c(=O)[nH]1)C1CCCCC1. The van der Waals surface area contributed by atoms with Crippen molar-refractivity contribution in [2.75, 3.05) is 13.1 Å². The zero-order valence-electron chi connectivity index (χ0n) is 17.2. The first kappa shape index (κ1) is 21.0. The molecule has 1 saturated carbocycles. The number of aromatic nitrogens is 2. The summed E-state index contributed by atoms with van der Waals surface area (Å²) in [6.45, 7) is 4.91. The van der Waals surface area contributed by atoms with Gasteiger partial charge in [-0.2, -0.15) is 0 Å². The maximum Gasteiger partial charge on any atom is 0.287 e. The number of nitrogens with one attached hydrogen (secondary N) is 2. The molecule has 0 atom stereocenters. The second-order valence-electron chi connectivity index (χ2n) is 8.02. The summed E-state index contributed by atoms with van der Waals surface area (Å²) >= 11 is 0. The Kier molecular flexibility index (Phi) is 7.01. The molecular formula is C22H30N4O3. The van der Waals surface area contributed by atoms with E-state index in [2.05, 4.69) is 15.3 Å². The quantitative estimate of drug-likeness (QED) is 0.701. The highest BCUT2D eigenvalue weighted by Crippen LogP contribution is 2.24. The number of para-hydroxylation sites is 1. The fourth-order valence-electron chi connectivity index (χ4n) is 3.93. The lowest BCUT2D eigenvalue weighted by Gasteiger charge is -2.35. The van der Waals surface area contributed by atoms with Gasteiger partial charge in [0.05, 0.1) is 10.9 Å². The summed E-state index contributed by atoms with van der Waals surface area (Å²) in [5, 5.41) is 3.27. The first-order valence-electron chi connectivity index (χ1n) is 10.5. The number of hydrogen-bond acceptors (Lipinski definition) is 4. The molecule has 7 heteroatoms. The van der Waals surface area contributed by atoms with Crippen molar-refractivity contribution in [3.05, 3.63) is 40.4 Å². The Morgan fingerprint density at radius 1 is 1.21 bits per heavy atom. The molecule has 7 nitrogen and oxygen atoms in total. The molecule has 1 aromatic heterocycles. The van der Waals surface area contributed by atoms with Gasteiger partial charge in [0.25, 0.3) is 11.5 Å². The highest BCUT2D eigenvalue weighted by atomic mass is 16.2. The second kappa shape index (κ2) is 9.67. The molecule has 3 rings (SSSR count). The smallest absolute Gasteiger partial charge is 0.287 e. The van der Waals surface area contributed by atoms with E-state index in [4.69, 9.17) is 0 Å². The van der Waals surface area contributed by atoms with Gasteiger partial charge < -0.3 is 15.2 Å². The monoisotopic (exact) mass is 398 g/mol. The molecule has 0 spiro atoms. The van der Waals surface area contributed by atoms with Crippen LogP contribution in [0.4, 0.5) is 0 Å². The van der Waals surface area contributed by atoms with Crippen molar-refractivity contribution in [1.29, 1.82) is 0 Å². The Hall–Kier alpha value is -2.70. The highest BCUT2D eigenvalue weighted by molar-refractivity contribution is 5.92. The van der Waals surface area contributed by atoms with Gasteiger partial charge in [-0.1, -0.05) is 45.2 Å². The van der Waals surface area contributed by atoms with Gasteiger partial charge in [0.1, 0.15) is 0 Å². The van der Waals surface area contributed by atoms with Crippen molar-refractivity contribution >= 4 is 22.7 Å². The molecule has 2 amide bonds. The summed E-state index contributed by atoms with van der Waals surface area (Å²) in [6, 6.07) is 7.24. The summed E-state index contributed by atoms with van der Waals surface area (Å²) in [6.07, 6.45) is 6.38. The van der Waals surface area contributed by atoms with E-state index < -0.39 is 5.91 Å². The molecule has 2 N–H and O–H groups in total. The van der Waals surface area contributed by atoms with Gasteiger partial charge in [0.15, 0.2) is 5.82 Å². The van der Waals surface area contributed by atoms with Crippen molar-refractivity contribution < 1.29 is 9.59 Å². The van der Waals surface area contributed by atoms with Crippen LogP contribution in [0, 0.1) is 5.92 Å². The summed E-state index contributed by atoms with van der Waals surface area (Å²) in [4.78, 5) is 46.0. The number of carbonyl (C=O) groups excluding carboxylic acids is 2. The number of benzene rings is 1. The minimum Gasteiger partial charge on any atom is -0.349 e. The Morgan fingerprint density at radius 2 is 1.93 bits per heavy atom. The molecule has 0 unspecified atom stereocenters. The van der Waals surface area contributed by atoms with Crippen LogP contribution < -0.4 is 10.9 Å². The minimum absolute atomic E-state index is 0.0103. The van der Waals surface area contributed by atoms with E-state index in [-0.39, 0.29) is 23.2 Å². The molecule has 1 fully saturated rings. The Labute approximate surface area is 170 Å². The summed E-state index contributed by atoms with van der Waals surface area (Å²) in [5.41, 5.74) is 0.166. The standard InChI is InChI=1S/C22H30N4O3/c1-15(2)22(29)26(16-9-4-3-5-10-16)14-8-13-23-21(28)19-24-18-12-7-6-11-17(18)20(27)25-19/h6-7,11-12,15-16H,3-5,8-10,13-14H2,1-2H3,(H,23,28)(H,24,25,27). The number of fused-ring (bicyclic) bond motifs is 1. The van der Waals surface area contributed by atoms with Crippen LogP contribution in [0.15, 0.2) is 29.1 Å². The average molecular weight is 399 g/mol. The van der Waals surface area contributed by atoms with E-state index in [1.165, 1.54) is 19.3 Å². The van der Waals surface area contributed by atoms with Gasteiger partial charge in [-0.3, -0.25) is 14.4 Å². The molecular weight excluding hydrogens is 368 g/mol. The third-order valence-electron chi connectivity index (χ3n) is 5.48.